The van der Waals surface area contributed by atoms with Gasteiger partial charge >= 0.3 is 0 Å². The van der Waals surface area contributed by atoms with Gasteiger partial charge in [-0.15, -0.1) is 0 Å². The number of benzene rings is 1. The topological polar surface area (TPSA) is 44.5 Å². The van der Waals surface area contributed by atoms with Crippen molar-refractivity contribution in [2.45, 2.75) is 46.0 Å². The van der Waals surface area contributed by atoms with Crippen molar-refractivity contribution in [1.82, 2.24) is 0 Å². The summed E-state index contributed by atoms with van der Waals surface area (Å²) in [6.45, 7) is 5.74. The molecule has 1 aromatic carbocycles. The Bertz CT molecular complexity index is 339. The lowest BCUT2D eigenvalue weighted by Gasteiger charge is -2.10. The first-order valence-electron chi connectivity index (χ1n) is 6.92. The van der Waals surface area contributed by atoms with Crippen LogP contribution in [0, 0.1) is 0 Å². The van der Waals surface area contributed by atoms with Gasteiger partial charge in [0.2, 0.25) is 0 Å². The second-order valence-corrected chi connectivity index (χ2v) is 4.50. The summed E-state index contributed by atoms with van der Waals surface area (Å²) >= 11 is 0. The van der Waals surface area contributed by atoms with Gasteiger partial charge in [0.05, 0.1) is 13.2 Å². The number of ether oxygens (including phenoxy) is 2. The van der Waals surface area contributed by atoms with E-state index in [2.05, 4.69) is 13.8 Å². The number of nitrogen functional groups attached to an aromatic ring is 1. The summed E-state index contributed by atoms with van der Waals surface area (Å²) in [6.07, 6.45) is 5.81. The molecule has 0 unspecified atom stereocenters. The molecule has 18 heavy (non-hydrogen) atoms. The van der Waals surface area contributed by atoms with Gasteiger partial charge in [-0.05, 0) is 12.8 Å². The molecule has 0 spiro atoms. The van der Waals surface area contributed by atoms with E-state index in [1.807, 2.05) is 18.2 Å². The molecule has 0 aromatic heterocycles. The van der Waals surface area contributed by atoms with E-state index in [0.717, 1.165) is 30.9 Å². The lowest BCUT2D eigenvalue weighted by molar-refractivity contribution is 0.295. The standard InChI is InChI=1S/C15H25NO2/c1-3-5-6-7-9-18-15-11-13(16)10-14(12-15)17-8-4-2/h10-12H,3-9,16H2,1-2H3. The quantitative estimate of drug-likeness (QED) is 0.532. The molecule has 1 rings (SSSR count). The van der Waals surface area contributed by atoms with Crippen molar-refractivity contribution in [2.24, 2.45) is 0 Å². The maximum Gasteiger partial charge on any atom is 0.125 e. The van der Waals surface area contributed by atoms with Crippen LogP contribution < -0.4 is 15.2 Å². The first-order valence-corrected chi connectivity index (χ1v) is 6.92. The van der Waals surface area contributed by atoms with Crippen molar-refractivity contribution >= 4 is 5.69 Å². The molecule has 0 aliphatic heterocycles. The first kappa shape index (κ1) is 14.7. The summed E-state index contributed by atoms with van der Waals surface area (Å²) in [5.41, 5.74) is 6.51. The lowest BCUT2D eigenvalue weighted by atomic mass is 10.2. The minimum atomic E-state index is 0.687. The molecule has 0 saturated carbocycles. The first-order chi connectivity index (χ1) is 8.76. The number of unbranched alkanes of at least 4 members (excludes halogenated alkanes) is 3. The SMILES string of the molecule is CCCCCCOc1cc(N)cc(OCCC)c1. The van der Waals surface area contributed by atoms with Crippen molar-refractivity contribution in [2.75, 3.05) is 18.9 Å². The van der Waals surface area contributed by atoms with E-state index < -0.39 is 0 Å². The van der Waals surface area contributed by atoms with Crippen molar-refractivity contribution < 1.29 is 9.47 Å². The van der Waals surface area contributed by atoms with Crippen LogP contribution in [0.25, 0.3) is 0 Å². The molecule has 102 valence electrons. The molecule has 0 aliphatic rings. The monoisotopic (exact) mass is 251 g/mol. The maximum atomic E-state index is 5.82. The molecule has 0 fully saturated rings. The molecule has 0 aliphatic carbocycles. The van der Waals surface area contributed by atoms with Crippen LogP contribution in [0.15, 0.2) is 18.2 Å². The number of rotatable bonds is 9. The van der Waals surface area contributed by atoms with Crippen LogP contribution in [0.5, 0.6) is 11.5 Å². The molecule has 0 saturated heterocycles. The van der Waals surface area contributed by atoms with Gasteiger partial charge in [-0.3, -0.25) is 0 Å². The van der Waals surface area contributed by atoms with E-state index in [1.165, 1.54) is 19.3 Å². The predicted molar refractivity (Wildman–Crippen MR) is 76.3 cm³/mol. The summed E-state index contributed by atoms with van der Waals surface area (Å²) in [4.78, 5) is 0. The third-order valence-corrected chi connectivity index (χ3v) is 2.64. The Balaban J connectivity index is 2.41. The molecular weight excluding hydrogens is 226 g/mol. The number of anilines is 1. The third-order valence-electron chi connectivity index (χ3n) is 2.64. The van der Waals surface area contributed by atoms with E-state index in [-0.39, 0.29) is 0 Å². The minimum Gasteiger partial charge on any atom is -0.493 e. The normalized spacial score (nSPS) is 10.3. The number of nitrogens with two attached hydrogens (primary N) is 1. The highest BCUT2D eigenvalue weighted by Crippen LogP contribution is 2.24. The zero-order valence-corrected chi connectivity index (χ0v) is 11.6. The van der Waals surface area contributed by atoms with Gasteiger partial charge in [0.1, 0.15) is 11.5 Å². The van der Waals surface area contributed by atoms with Gasteiger partial charge in [-0.25, -0.2) is 0 Å². The van der Waals surface area contributed by atoms with Crippen LogP contribution in [0.2, 0.25) is 0 Å². The van der Waals surface area contributed by atoms with Crippen LogP contribution in [-0.2, 0) is 0 Å². The van der Waals surface area contributed by atoms with Crippen LogP contribution in [0.1, 0.15) is 46.0 Å². The van der Waals surface area contributed by atoms with E-state index in [0.29, 0.717) is 12.3 Å². The Hall–Kier alpha value is -1.38. The van der Waals surface area contributed by atoms with E-state index in [4.69, 9.17) is 15.2 Å². The van der Waals surface area contributed by atoms with Gasteiger partial charge in [0.25, 0.3) is 0 Å². The predicted octanol–water partition coefficient (Wildman–Crippen LogP) is 4.02. The number of hydrogen-bond acceptors (Lipinski definition) is 3. The largest absolute Gasteiger partial charge is 0.493 e. The summed E-state index contributed by atoms with van der Waals surface area (Å²) < 4.78 is 11.3. The van der Waals surface area contributed by atoms with Gasteiger partial charge in [0, 0.05) is 23.9 Å². The Kier molecular flexibility index (Phi) is 7.07. The Morgan fingerprint density at radius 2 is 1.50 bits per heavy atom. The van der Waals surface area contributed by atoms with Crippen molar-refractivity contribution in [3.63, 3.8) is 0 Å². The smallest absolute Gasteiger partial charge is 0.125 e. The average Bonchev–Trinajstić information content (AvgIpc) is 2.35. The minimum absolute atomic E-state index is 0.687. The van der Waals surface area contributed by atoms with Crippen molar-refractivity contribution in [3.05, 3.63) is 18.2 Å². The Labute approximate surface area is 110 Å². The van der Waals surface area contributed by atoms with E-state index >= 15 is 0 Å². The molecule has 0 amide bonds. The molecular formula is C15H25NO2. The van der Waals surface area contributed by atoms with E-state index in [9.17, 15) is 0 Å². The second-order valence-electron chi connectivity index (χ2n) is 4.50. The maximum absolute atomic E-state index is 5.82. The summed E-state index contributed by atoms with van der Waals surface area (Å²) in [7, 11) is 0. The van der Waals surface area contributed by atoms with Crippen LogP contribution in [0.4, 0.5) is 5.69 Å². The lowest BCUT2D eigenvalue weighted by Crippen LogP contribution is -2.00. The van der Waals surface area contributed by atoms with Gasteiger partial charge in [0.15, 0.2) is 0 Å². The molecule has 3 heteroatoms. The fourth-order valence-electron chi connectivity index (χ4n) is 1.70. The average molecular weight is 251 g/mol. The van der Waals surface area contributed by atoms with Crippen LogP contribution in [-0.4, -0.2) is 13.2 Å². The Morgan fingerprint density at radius 3 is 2.11 bits per heavy atom. The third kappa shape index (κ3) is 5.80. The van der Waals surface area contributed by atoms with Crippen LogP contribution in [0.3, 0.4) is 0 Å². The molecule has 0 bridgehead atoms. The summed E-state index contributed by atoms with van der Waals surface area (Å²) in [6, 6.07) is 5.59. The fourth-order valence-corrected chi connectivity index (χ4v) is 1.70. The summed E-state index contributed by atoms with van der Waals surface area (Å²) in [5.74, 6) is 1.60. The molecule has 0 heterocycles. The fraction of sp³-hybridized carbons (Fsp3) is 0.600. The molecule has 3 nitrogen and oxygen atoms in total. The highest BCUT2D eigenvalue weighted by Gasteiger charge is 2.01. The second kappa shape index (κ2) is 8.67. The molecule has 0 radical (unpaired) electrons. The van der Waals surface area contributed by atoms with Gasteiger partial charge in [-0.2, -0.15) is 0 Å². The highest BCUT2D eigenvalue weighted by atomic mass is 16.5. The zero-order chi connectivity index (χ0) is 13.2. The molecule has 1 aromatic rings. The molecule has 0 atom stereocenters. The van der Waals surface area contributed by atoms with Crippen molar-refractivity contribution in [3.8, 4) is 11.5 Å². The Morgan fingerprint density at radius 1 is 0.833 bits per heavy atom. The van der Waals surface area contributed by atoms with Crippen LogP contribution >= 0.6 is 0 Å². The summed E-state index contributed by atoms with van der Waals surface area (Å²) in [5, 5.41) is 0. The number of hydrogen-bond donors (Lipinski definition) is 1. The highest BCUT2D eigenvalue weighted by molar-refractivity contribution is 5.50. The van der Waals surface area contributed by atoms with Crippen molar-refractivity contribution in [1.29, 1.82) is 0 Å². The van der Waals surface area contributed by atoms with Gasteiger partial charge in [-0.1, -0.05) is 33.1 Å². The van der Waals surface area contributed by atoms with Gasteiger partial charge < -0.3 is 15.2 Å². The molecule has 2 N–H and O–H groups in total. The van der Waals surface area contributed by atoms with E-state index in [1.54, 1.807) is 0 Å². The zero-order valence-electron chi connectivity index (χ0n) is 11.6.